The number of carbonyl (C=O) groups is 4. The molecule has 0 aromatic heterocycles. The summed E-state index contributed by atoms with van der Waals surface area (Å²) < 4.78 is 14.8. The molecule has 1 aromatic rings. The van der Waals surface area contributed by atoms with Gasteiger partial charge < -0.3 is 19.5 Å². The van der Waals surface area contributed by atoms with Gasteiger partial charge in [0.1, 0.15) is 0 Å². The molecule has 1 rings (SSSR count). The van der Waals surface area contributed by atoms with Gasteiger partial charge in [0.2, 0.25) is 0 Å². The van der Waals surface area contributed by atoms with Gasteiger partial charge in [-0.25, -0.2) is 14.4 Å². The van der Waals surface area contributed by atoms with Crippen molar-refractivity contribution in [2.45, 2.75) is 27.7 Å². The third-order valence-corrected chi connectivity index (χ3v) is 3.23. The van der Waals surface area contributed by atoms with E-state index in [1.54, 1.807) is 27.7 Å². The van der Waals surface area contributed by atoms with Gasteiger partial charge in [0, 0.05) is 6.54 Å². The average Bonchev–Trinajstić information content (AvgIpc) is 2.61. The first-order chi connectivity index (χ1) is 12.4. The van der Waals surface area contributed by atoms with Crippen molar-refractivity contribution in [1.29, 1.82) is 0 Å². The van der Waals surface area contributed by atoms with Crippen molar-refractivity contribution >= 4 is 23.8 Å². The van der Waals surface area contributed by atoms with Gasteiger partial charge in [0.25, 0.3) is 5.91 Å². The van der Waals surface area contributed by atoms with E-state index in [0.29, 0.717) is 6.54 Å². The van der Waals surface area contributed by atoms with E-state index in [0.717, 1.165) is 12.1 Å². The summed E-state index contributed by atoms with van der Waals surface area (Å²) in [6.45, 7) is 7.10. The van der Waals surface area contributed by atoms with E-state index in [1.807, 2.05) is 0 Å². The zero-order chi connectivity index (χ0) is 19.7. The van der Waals surface area contributed by atoms with Gasteiger partial charge in [-0.3, -0.25) is 4.79 Å². The zero-order valence-electron chi connectivity index (χ0n) is 15.3. The maximum Gasteiger partial charge on any atom is 0.339 e. The first-order valence-corrected chi connectivity index (χ1v) is 8.38. The van der Waals surface area contributed by atoms with Crippen molar-refractivity contribution in [1.82, 2.24) is 5.32 Å². The molecule has 0 saturated heterocycles. The second-order valence-corrected chi connectivity index (χ2v) is 4.96. The lowest BCUT2D eigenvalue weighted by Crippen LogP contribution is -2.27. The molecule has 1 aromatic carbocycles. The Morgan fingerprint density at radius 2 is 1.04 bits per heavy atom. The molecule has 0 fully saturated rings. The summed E-state index contributed by atoms with van der Waals surface area (Å²) >= 11 is 0. The number of benzene rings is 1. The minimum Gasteiger partial charge on any atom is -0.462 e. The third kappa shape index (κ3) is 5.05. The molecule has 0 aliphatic heterocycles. The highest BCUT2D eigenvalue weighted by Crippen LogP contribution is 2.21. The van der Waals surface area contributed by atoms with Gasteiger partial charge >= 0.3 is 17.9 Å². The van der Waals surface area contributed by atoms with E-state index >= 15 is 0 Å². The normalized spacial score (nSPS) is 10.0. The molecule has 0 spiro atoms. The second-order valence-electron chi connectivity index (χ2n) is 4.96. The lowest BCUT2D eigenvalue weighted by Gasteiger charge is -2.14. The summed E-state index contributed by atoms with van der Waals surface area (Å²) in [4.78, 5) is 49.0. The average molecular weight is 365 g/mol. The topological polar surface area (TPSA) is 108 Å². The van der Waals surface area contributed by atoms with E-state index in [-0.39, 0.29) is 42.1 Å². The number of amides is 1. The molecule has 0 aliphatic carbocycles. The summed E-state index contributed by atoms with van der Waals surface area (Å²) in [5.41, 5.74) is -0.531. The largest absolute Gasteiger partial charge is 0.462 e. The van der Waals surface area contributed by atoms with Crippen LogP contribution in [0.25, 0.3) is 0 Å². The number of esters is 3. The van der Waals surface area contributed by atoms with Gasteiger partial charge in [0.05, 0.1) is 42.1 Å². The fourth-order valence-corrected chi connectivity index (χ4v) is 2.18. The lowest BCUT2D eigenvalue weighted by atomic mass is 9.97. The number of hydrogen-bond donors (Lipinski definition) is 1. The van der Waals surface area contributed by atoms with Gasteiger partial charge in [-0.1, -0.05) is 0 Å². The van der Waals surface area contributed by atoms with Crippen LogP contribution in [0, 0.1) is 0 Å². The van der Waals surface area contributed by atoms with Crippen LogP contribution >= 0.6 is 0 Å². The van der Waals surface area contributed by atoms with Crippen molar-refractivity contribution < 1.29 is 33.4 Å². The van der Waals surface area contributed by atoms with Crippen LogP contribution in [0.1, 0.15) is 69.1 Å². The van der Waals surface area contributed by atoms with Crippen LogP contribution in [-0.2, 0) is 14.2 Å². The standard InChI is InChI=1S/C18H23NO7/c1-5-19-15(20)11-9-13(17(22)25-7-3)14(18(23)26-8-4)10-12(11)16(21)24-6-2/h9-10H,5-8H2,1-4H3,(H,19,20). The molecule has 0 saturated carbocycles. The Labute approximate surface area is 151 Å². The fourth-order valence-electron chi connectivity index (χ4n) is 2.18. The maximum atomic E-state index is 12.3. The Balaban J connectivity index is 3.63. The van der Waals surface area contributed by atoms with Crippen molar-refractivity contribution in [2.75, 3.05) is 26.4 Å². The highest BCUT2D eigenvalue weighted by molar-refractivity contribution is 6.11. The summed E-state index contributed by atoms with van der Waals surface area (Å²) in [5, 5.41) is 2.56. The molecule has 8 nitrogen and oxygen atoms in total. The molecule has 0 unspecified atom stereocenters. The molecular weight excluding hydrogens is 342 g/mol. The zero-order valence-corrected chi connectivity index (χ0v) is 15.3. The van der Waals surface area contributed by atoms with Crippen molar-refractivity contribution in [3.63, 3.8) is 0 Å². The molecule has 142 valence electrons. The van der Waals surface area contributed by atoms with E-state index < -0.39 is 23.8 Å². The Bertz CT molecular complexity index is 583. The van der Waals surface area contributed by atoms with Crippen molar-refractivity contribution in [3.8, 4) is 0 Å². The predicted molar refractivity (Wildman–Crippen MR) is 92.3 cm³/mol. The quantitative estimate of drug-likeness (QED) is 0.554. The molecule has 0 heterocycles. The highest BCUT2D eigenvalue weighted by atomic mass is 16.5. The van der Waals surface area contributed by atoms with E-state index in [4.69, 9.17) is 14.2 Å². The molecule has 1 amide bonds. The molecule has 0 radical (unpaired) electrons. The van der Waals surface area contributed by atoms with Crippen molar-refractivity contribution in [3.05, 3.63) is 34.4 Å². The van der Waals surface area contributed by atoms with Gasteiger partial charge in [-0.15, -0.1) is 0 Å². The molecule has 0 bridgehead atoms. The van der Waals surface area contributed by atoms with Gasteiger partial charge in [-0.2, -0.15) is 0 Å². The summed E-state index contributed by atoms with van der Waals surface area (Å²) in [7, 11) is 0. The minimum atomic E-state index is -0.802. The molecular formula is C18H23NO7. The number of carbonyl (C=O) groups excluding carboxylic acids is 4. The Hall–Kier alpha value is -2.90. The van der Waals surface area contributed by atoms with Gasteiger partial charge in [0.15, 0.2) is 0 Å². The Morgan fingerprint density at radius 1 is 0.692 bits per heavy atom. The molecule has 1 N–H and O–H groups in total. The van der Waals surface area contributed by atoms with Crippen LogP contribution < -0.4 is 5.32 Å². The van der Waals surface area contributed by atoms with Crippen LogP contribution in [0.4, 0.5) is 0 Å². The monoisotopic (exact) mass is 365 g/mol. The summed E-state index contributed by atoms with van der Waals surface area (Å²) in [6.07, 6.45) is 0. The van der Waals surface area contributed by atoms with Crippen LogP contribution in [0.5, 0.6) is 0 Å². The van der Waals surface area contributed by atoms with E-state index in [9.17, 15) is 19.2 Å². The number of nitrogens with one attached hydrogen (secondary N) is 1. The SMILES string of the molecule is CCNC(=O)c1cc(C(=O)OCC)c(C(=O)OCC)cc1C(=O)OCC. The lowest BCUT2D eigenvalue weighted by molar-refractivity contribution is 0.0475. The number of rotatable bonds is 8. The van der Waals surface area contributed by atoms with E-state index in [2.05, 4.69) is 5.32 Å². The van der Waals surface area contributed by atoms with E-state index in [1.165, 1.54) is 0 Å². The van der Waals surface area contributed by atoms with Crippen LogP contribution in [-0.4, -0.2) is 50.2 Å². The summed E-state index contributed by atoms with van der Waals surface area (Å²) in [5.74, 6) is -2.95. The molecule has 0 aliphatic rings. The molecule has 0 atom stereocenters. The number of ether oxygens (including phenoxy) is 3. The summed E-state index contributed by atoms with van der Waals surface area (Å²) in [6, 6.07) is 2.29. The first-order valence-electron chi connectivity index (χ1n) is 8.38. The minimum absolute atomic E-state index is 0.0773. The molecule has 8 heteroatoms. The highest BCUT2D eigenvalue weighted by Gasteiger charge is 2.27. The Kier molecular flexibility index (Phi) is 8.27. The third-order valence-electron chi connectivity index (χ3n) is 3.23. The van der Waals surface area contributed by atoms with Crippen LogP contribution in [0.15, 0.2) is 12.1 Å². The predicted octanol–water partition coefficient (Wildman–Crippen LogP) is 1.97. The maximum absolute atomic E-state index is 12.3. The van der Waals surface area contributed by atoms with Crippen LogP contribution in [0.3, 0.4) is 0 Å². The molecule has 26 heavy (non-hydrogen) atoms. The Morgan fingerprint density at radius 3 is 1.38 bits per heavy atom. The smallest absolute Gasteiger partial charge is 0.339 e. The second kappa shape index (κ2) is 10.2. The van der Waals surface area contributed by atoms with Crippen LogP contribution in [0.2, 0.25) is 0 Å². The number of hydrogen-bond acceptors (Lipinski definition) is 7. The van der Waals surface area contributed by atoms with Crippen molar-refractivity contribution in [2.24, 2.45) is 0 Å². The first kappa shape index (κ1) is 21.1. The fraction of sp³-hybridized carbons (Fsp3) is 0.444. The van der Waals surface area contributed by atoms with Gasteiger partial charge in [-0.05, 0) is 39.8 Å².